The number of rotatable bonds is 9. The van der Waals surface area contributed by atoms with E-state index in [4.69, 9.17) is 4.74 Å². The van der Waals surface area contributed by atoms with Crippen molar-refractivity contribution in [1.82, 2.24) is 20.5 Å². The van der Waals surface area contributed by atoms with Crippen LogP contribution < -0.4 is 15.4 Å². The first-order valence-corrected chi connectivity index (χ1v) is 13.1. The molecule has 2 aromatic carbocycles. The molecule has 9 nitrogen and oxygen atoms in total. The van der Waals surface area contributed by atoms with Crippen LogP contribution in [-0.2, 0) is 16.0 Å². The Hall–Kier alpha value is -3.87. The SMILES string of the molecule is COc1cccc2[nH]c(C(O)N3CC(Cc4ccccc4)CC3C(=O)NC(C#N)CC3CCNC3=O)cc12. The van der Waals surface area contributed by atoms with Crippen LogP contribution in [0.4, 0.5) is 0 Å². The topological polar surface area (TPSA) is 130 Å². The maximum Gasteiger partial charge on any atom is 0.238 e. The van der Waals surface area contributed by atoms with E-state index in [1.54, 1.807) is 12.0 Å². The molecular formula is C29H33N5O4. The number of likely N-dealkylation sites (tertiary alicyclic amines) is 1. The molecule has 9 heteroatoms. The van der Waals surface area contributed by atoms with Gasteiger partial charge in [0.15, 0.2) is 0 Å². The molecule has 2 amide bonds. The molecule has 0 radical (unpaired) electrons. The van der Waals surface area contributed by atoms with E-state index >= 15 is 0 Å². The van der Waals surface area contributed by atoms with Gasteiger partial charge in [0, 0.05) is 29.9 Å². The number of methoxy groups -OCH3 is 1. The van der Waals surface area contributed by atoms with Crippen LogP contribution >= 0.6 is 0 Å². The summed E-state index contributed by atoms with van der Waals surface area (Å²) in [6, 6.07) is 18.4. The number of carbonyl (C=O) groups excluding carboxylic acids is 2. The summed E-state index contributed by atoms with van der Waals surface area (Å²) < 4.78 is 5.47. The Morgan fingerprint density at radius 3 is 2.79 bits per heavy atom. The van der Waals surface area contributed by atoms with Crippen molar-refractivity contribution in [2.75, 3.05) is 20.2 Å². The second-order valence-corrected chi connectivity index (χ2v) is 10.2. The number of aliphatic hydroxyl groups is 1. The van der Waals surface area contributed by atoms with Gasteiger partial charge in [-0.2, -0.15) is 5.26 Å². The molecule has 2 fully saturated rings. The number of carbonyl (C=O) groups is 2. The van der Waals surface area contributed by atoms with Crippen molar-refractivity contribution in [2.45, 2.75) is 44.0 Å². The number of hydrogen-bond donors (Lipinski definition) is 4. The van der Waals surface area contributed by atoms with Crippen molar-refractivity contribution in [1.29, 1.82) is 5.26 Å². The number of amides is 2. The van der Waals surface area contributed by atoms with Crippen molar-refractivity contribution < 1.29 is 19.4 Å². The van der Waals surface area contributed by atoms with Crippen LogP contribution in [0.3, 0.4) is 0 Å². The molecule has 3 aromatic rings. The number of nitriles is 1. The van der Waals surface area contributed by atoms with E-state index in [0.29, 0.717) is 37.4 Å². The molecule has 2 aliphatic heterocycles. The lowest BCUT2D eigenvalue weighted by molar-refractivity contribution is -0.130. The molecule has 0 spiro atoms. The third-order valence-electron chi connectivity index (χ3n) is 7.71. The molecule has 5 atom stereocenters. The fourth-order valence-electron chi connectivity index (χ4n) is 5.79. The van der Waals surface area contributed by atoms with Crippen molar-refractivity contribution in [2.24, 2.45) is 11.8 Å². The summed E-state index contributed by atoms with van der Waals surface area (Å²) in [7, 11) is 1.60. The molecule has 5 rings (SSSR count). The lowest BCUT2D eigenvalue weighted by atomic mass is 9.96. The van der Waals surface area contributed by atoms with Gasteiger partial charge >= 0.3 is 0 Å². The van der Waals surface area contributed by atoms with Crippen LogP contribution in [0.25, 0.3) is 10.9 Å². The Morgan fingerprint density at radius 1 is 1.26 bits per heavy atom. The van der Waals surface area contributed by atoms with Gasteiger partial charge in [-0.3, -0.25) is 14.5 Å². The Morgan fingerprint density at radius 2 is 2.08 bits per heavy atom. The molecule has 5 unspecified atom stereocenters. The first-order chi connectivity index (χ1) is 18.5. The molecule has 1 aromatic heterocycles. The van der Waals surface area contributed by atoms with E-state index in [9.17, 15) is 20.0 Å². The second-order valence-electron chi connectivity index (χ2n) is 10.2. The third kappa shape index (κ3) is 5.37. The summed E-state index contributed by atoms with van der Waals surface area (Å²) in [5, 5.41) is 27.7. The molecule has 4 N–H and O–H groups in total. The maximum atomic E-state index is 13.5. The number of nitrogens with one attached hydrogen (secondary N) is 3. The zero-order valence-corrected chi connectivity index (χ0v) is 21.4. The van der Waals surface area contributed by atoms with Gasteiger partial charge in [0.1, 0.15) is 18.0 Å². The molecule has 38 heavy (non-hydrogen) atoms. The molecule has 0 aliphatic carbocycles. The van der Waals surface area contributed by atoms with E-state index < -0.39 is 18.3 Å². The number of aliphatic hydroxyl groups excluding tert-OH is 1. The number of fused-ring (bicyclic) bond motifs is 1. The summed E-state index contributed by atoms with van der Waals surface area (Å²) in [4.78, 5) is 30.6. The van der Waals surface area contributed by atoms with Gasteiger partial charge in [0.05, 0.1) is 24.9 Å². The van der Waals surface area contributed by atoms with E-state index in [2.05, 4.69) is 33.8 Å². The molecule has 198 valence electrons. The van der Waals surface area contributed by atoms with Gasteiger partial charge < -0.3 is 25.5 Å². The molecular weight excluding hydrogens is 482 g/mol. The minimum Gasteiger partial charge on any atom is -0.496 e. The van der Waals surface area contributed by atoms with Crippen LogP contribution in [0.5, 0.6) is 5.75 Å². The molecule has 2 aliphatic rings. The Kier molecular flexibility index (Phi) is 7.63. The number of hydrogen-bond acceptors (Lipinski definition) is 6. The van der Waals surface area contributed by atoms with Crippen molar-refractivity contribution in [3.63, 3.8) is 0 Å². The van der Waals surface area contributed by atoms with E-state index in [-0.39, 0.29) is 30.1 Å². The average molecular weight is 516 g/mol. The van der Waals surface area contributed by atoms with E-state index in [1.807, 2.05) is 42.5 Å². The predicted molar refractivity (Wildman–Crippen MR) is 142 cm³/mol. The summed E-state index contributed by atoms with van der Waals surface area (Å²) >= 11 is 0. The van der Waals surface area contributed by atoms with Crippen LogP contribution in [0.15, 0.2) is 54.6 Å². The number of nitrogens with zero attached hydrogens (tertiary/aromatic N) is 2. The van der Waals surface area contributed by atoms with Crippen LogP contribution in [0.2, 0.25) is 0 Å². The zero-order chi connectivity index (χ0) is 26.6. The molecule has 0 bridgehead atoms. The highest BCUT2D eigenvalue weighted by molar-refractivity contribution is 5.87. The zero-order valence-electron chi connectivity index (χ0n) is 21.4. The van der Waals surface area contributed by atoms with Crippen LogP contribution in [0, 0.1) is 23.2 Å². The number of H-pyrrole nitrogens is 1. The Bertz CT molecular complexity index is 1330. The van der Waals surface area contributed by atoms with Gasteiger partial charge in [0.25, 0.3) is 0 Å². The van der Waals surface area contributed by atoms with Crippen LogP contribution in [-0.4, -0.2) is 59.1 Å². The van der Waals surface area contributed by atoms with Gasteiger partial charge in [-0.25, -0.2) is 0 Å². The van der Waals surface area contributed by atoms with Gasteiger partial charge in [-0.15, -0.1) is 0 Å². The number of benzene rings is 2. The molecule has 3 heterocycles. The summed E-state index contributed by atoms with van der Waals surface area (Å²) in [5.41, 5.74) is 2.58. The van der Waals surface area contributed by atoms with E-state index in [0.717, 1.165) is 17.3 Å². The minimum atomic E-state index is -1.05. The van der Waals surface area contributed by atoms with E-state index in [1.165, 1.54) is 5.56 Å². The third-order valence-corrected chi connectivity index (χ3v) is 7.71. The highest BCUT2D eigenvalue weighted by atomic mass is 16.5. The standard InChI is InChI=1S/C29H33N5O4/c1-38-26-9-5-8-23-22(26)15-24(33-23)29(37)34-17-19(12-18-6-3-2-4-7-18)13-25(34)28(36)32-21(16-30)14-20-10-11-31-27(20)35/h2-9,15,19-21,25,29,33,37H,10-14,17H2,1H3,(H,31,35)(H,32,36). The fraction of sp³-hybridized carbons (Fsp3) is 0.414. The number of aromatic nitrogens is 1. The summed E-state index contributed by atoms with van der Waals surface area (Å²) in [6.45, 7) is 1.11. The molecule has 2 saturated heterocycles. The Balaban J connectivity index is 1.37. The number of aromatic amines is 1. The van der Waals surface area contributed by atoms with Crippen molar-refractivity contribution >= 4 is 22.7 Å². The van der Waals surface area contributed by atoms with Gasteiger partial charge in [0.2, 0.25) is 11.8 Å². The number of ether oxygens (including phenoxy) is 1. The average Bonchev–Trinajstić information content (AvgIpc) is 3.66. The molecule has 0 saturated carbocycles. The van der Waals surface area contributed by atoms with Crippen LogP contribution in [0.1, 0.15) is 36.7 Å². The lowest BCUT2D eigenvalue weighted by Crippen LogP contribution is -2.48. The summed E-state index contributed by atoms with van der Waals surface area (Å²) in [6.07, 6.45) is 1.20. The quantitative estimate of drug-likeness (QED) is 0.347. The van der Waals surface area contributed by atoms with Crippen molar-refractivity contribution in [3.8, 4) is 11.8 Å². The monoisotopic (exact) mass is 515 g/mol. The smallest absolute Gasteiger partial charge is 0.238 e. The summed E-state index contributed by atoms with van der Waals surface area (Å²) in [5.74, 6) is 0.177. The predicted octanol–water partition coefficient (Wildman–Crippen LogP) is 2.64. The first kappa shape index (κ1) is 25.8. The maximum absolute atomic E-state index is 13.5. The normalized spacial score (nSPS) is 23.1. The van der Waals surface area contributed by atoms with Gasteiger partial charge in [-0.05, 0) is 55.4 Å². The Labute approximate surface area is 221 Å². The highest BCUT2D eigenvalue weighted by Crippen LogP contribution is 2.35. The fourth-order valence-corrected chi connectivity index (χ4v) is 5.79. The second kappa shape index (κ2) is 11.3. The van der Waals surface area contributed by atoms with Crippen molar-refractivity contribution in [3.05, 3.63) is 65.9 Å². The highest BCUT2D eigenvalue weighted by Gasteiger charge is 2.41. The van der Waals surface area contributed by atoms with Gasteiger partial charge in [-0.1, -0.05) is 36.4 Å². The largest absolute Gasteiger partial charge is 0.496 e. The minimum absolute atomic E-state index is 0.0745. The lowest BCUT2D eigenvalue weighted by Gasteiger charge is -2.29. The first-order valence-electron chi connectivity index (χ1n) is 13.1.